The van der Waals surface area contributed by atoms with Crippen LogP contribution in [0.3, 0.4) is 0 Å². The van der Waals surface area contributed by atoms with Gasteiger partial charge in [0.05, 0.1) is 27.3 Å². The number of carbonyl (C=O) groups excluding carboxylic acids is 1. The van der Waals surface area contributed by atoms with Crippen molar-refractivity contribution >= 4 is 48.9 Å². The van der Waals surface area contributed by atoms with E-state index in [-0.39, 0.29) is 16.3 Å². The van der Waals surface area contributed by atoms with Gasteiger partial charge in [-0.2, -0.15) is 0 Å². The number of nitrogens with one attached hydrogen (secondary N) is 1. The molecule has 0 unspecified atom stereocenters. The highest BCUT2D eigenvalue weighted by atomic mass is 32.2. The third kappa shape index (κ3) is 4.19. The lowest BCUT2D eigenvalue weighted by Gasteiger charge is -2.35. The Labute approximate surface area is 206 Å². The van der Waals surface area contributed by atoms with E-state index in [1.54, 1.807) is 72.3 Å². The lowest BCUT2D eigenvalue weighted by molar-refractivity contribution is -0.122. The van der Waals surface area contributed by atoms with Crippen molar-refractivity contribution in [2.24, 2.45) is 7.05 Å². The lowest BCUT2D eigenvalue weighted by atomic mass is 10.1. The number of ether oxygens (including phenoxy) is 1. The third-order valence-corrected chi connectivity index (χ3v) is 8.73. The monoisotopic (exact) mass is 509 g/mol. The van der Waals surface area contributed by atoms with Crippen molar-refractivity contribution in [3.05, 3.63) is 81.5 Å². The topological polar surface area (TPSA) is 97.7 Å². The number of carbonyl (C=O) groups is 1. The molecule has 180 valence electrons. The lowest BCUT2D eigenvalue weighted by Crippen LogP contribution is -2.48. The Morgan fingerprint density at radius 1 is 1.03 bits per heavy atom. The van der Waals surface area contributed by atoms with Crippen LogP contribution in [-0.2, 0) is 21.9 Å². The van der Waals surface area contributed by atoms with Crippen molar-refractivity contribution in [1.82, 2.24) is 4.57 Å². The molecule has 1 atom stereocenters. The van der Waals surface area contributed by atoms with E-state index < -0.39 is 22.0 Å². The molecule has 0 radical (unpaired) electrons. The van der Waals surface area contributed by atoms with Gasteiger partial charge in [0.25, 0.3) is 15.9 Å². The maximum Gasteiger partial charge on any atom is 0.307 e. The highest BCUT2D eigenvalue weighted by Crippen LogP contribution is 2.38. The van der Waals surface area contributed by atoms with Crippen LogP contribution in [0, 0.1) is 13.8 Å². The van der Waals surface area contributed by atoms with E-state index in [0.717, 1.165) is 32.7 Å². The van der Waals surface area contributed by atoms with Crippen molar-refractivity contribution in [1.29, 1.82) is 0 Å². The first kappa shape index (κ1) is 23.1. The first-order valence-electron chi connectivity index (χ1n) is 10.9. The zero-order chi connectivity index (χ0) is 24.9. The van der Waals surface area contributed by atoms with E-state index in [0.29, 0.717) is 17.1 Å². The van der Waals surface area contributed by atoms with Gasteiger partial charge >= 0.3 is 4.87 Å². The molecule has 10 heteroatoms. The van der Waals surface area contributed by atoms with Gasteiger partial charge in [-0.1, -0.05) is 35.1 Å². The molecule has 0 saturated heterocycles. The molecule has 0 fully saturated rings. The zero-order valence-electron chi connectivity index (χ0n) is 19.3. The second-order valence-corrected chi connectivity index (χ2v) is 11.4. The van der Waals surface area contributed by atoms with Gasteiger partial charge in [-0.05, 0) is 61.9 Å². The Morgan fingerprint density at radius 3 is 2.49 bits per heavy atom. The van der Waals surface area contributed by atoms with Gasteiger partial charge in [0.15, 0.2) is 6.10 Å². The van der Waals surface area contributed by atoms with E-state index in [2.05, 4.69) is 5.32 Å². The van der Waals surface area contributed by atoms with E-state index in [1.807, 2.05) is 13.8 Å². The summed E-state index contributed by atoms with van der Waals surface area (Å²) in [5, 5.41) is 2.80. The smallest absolute Gasteiger partial charge is 0.307 e. The fourth-order valence-electron chi connectivity index (χ4n) is 4.00. The second kappa shape index (κ2) is 8.54. The van der Waals surface area contributed by atoms with Crippen LogP contribution >= 0.6 is 11.3 Å². The SMILES string of the molecule is Cc1ccc(S(=O)(=O)N2C[C@@H](C(=O)Nc3ccc4c(c3)sc(=O)n4C)Oc3ccc(C)cc32)cc1. The van der Waals surface area contributed by atoms with Gasteiger partial charge in [0.2, 0.25) is 0 Å². The molecule has 0 saturated carbocycles. The summed E-state index contributed by atoms with van der Waals surface area (Å²) in [6.07, 6.45) is -1.07. The highest BCUT2D eigenvalue weighted by molar-refractivity contribution is 7.92. The van der Waals surface area contributed by atoms with Crippen LogP contribution in [0.1, 0.15) is 11.1 Å². The normalized spacial score (nSPS) is 15.5. The van der Waals surface area contributed by atoms with Gasteiger partial charge in [-0.25, -0.2) is 8.42 Å². The summed E-state index contributed by atoms with van der Waals surface area (Å²) in [5.74, 6) is -0.169. The minimum Gasteiger partial charge on any atom is -0.476 e. The Bertz CT molecular complexity index is 1620. The largest absolute Gasteiger partial charge is 0.476 e. The van der Waals surface area contributed by atoms with Crippen molar-refractivity contribution < 1.29 is 17.9 Å². The maximum atomic E-state index is 13.6. The number of hydrogen-bond acceptors (Lipinski definition) is 6. The van der Waals surface area contributed by atoms with Crippen LogP contribution in [0.25, 0.3) is 10.2 Å². The molecule has 1 N–H and O–H groups in total. The fourth-order valence-corrected chi connectivity index (χ4v) is 6.38. The van der Waals surface area contributed by atoms with Crippen LogP contribution in [0.15, 0.2) is 70.4 Å². The van der Waals surface area contributed by atoms with Crippen LogP contribution in [0.4, 0.5) is 11.4 Å². The predicted molar refractivity (Wildman–Crippen MR) is 137 cm³/mol. The molecule has 3 aromatic carbocycles. The van der Waals surface area contributed by atoms with E-state index in [1.165, 1.54) is 4.31 Å². The number of fused-ring (bicyclic) bond motifs is 2. The zero-order valence-corrected chi connectivity index (χ0v) is 20.9. The number of anilines is 2. The van der Waals surface area contributed by atoms with Gasteiger partial charge in [-0.15, -0.1) is 0 Å². The standard InChI is InChI=1S/C25H23N3O5S2/c1-15-4-8-18(9-5-15)35(31,32)28-14-22(33-21-11-6-16(2)12-20(21)28)24(29)26-17-7-10-19-23(13-17)34-25(30)27(19)3/h4-13,22H,14H2,1-3H3,(H,26,29)/t22-/m0/s1. The van der Waals surface area contributed by atoms with Crippen LogP contribution < -0.4 is 19.2 Å². The average Bonchev–Trinajstić information content (AvgIpc) is 3.11. The molecule has 1 aromatic heterocycles. The van der Waals surface area contributed by atoms with E-state index >= 15 is 0 Å². The Hall–Kier alpha value is -3.63. The van der Waals surface area contributed by atoms with Crippen molar-refractivity contribution in [3.63, 3.8) is 0 Å². The molecule has 4 aromatic rings. The predicted octanol–water partition coefficient (Wildman–Crippen LogP) is 3.81. The summed E-state index contributed by atoms with van der Waals surface area (Å²) < 4.78 is 36.6. The Morgan fingerprint density at radius 2 is 1.74 bits per heavy atom. The maximum absolute atomic E-state index is 13.6. The fraction of sp³-hybridized carbons (Fsp3) is 0.200. The molecular weight excluding hydrogens is 486 g/mol. The summed E-state index contributed by atoms with van der Waals surface area (Å²) in [6, 6.07) is 17.0. The number of nitrogens with zero attached hydrogens (tertiary/aromatic N) is 2. The van der Waals surface area contributed by atoms with Crippen LogP contribution in [0.5, 0.6) is 5.75 Å². The molecule has 0 bridgehead atoms. The first-order chi connectivity index (χ1) is 16.6. The number of benzene rings is 3. The molecule has 0 aliphatic carbocycles. The number of aryl methyl sites for hydroxylation is 3. The van der Waals surface area contributed by atoms with Crippen molar-refractivity contribution in [2.45, 2.75) is 24.8 Å². The molecule has 1 amide bonds. The molecule has 0 spiro atoms. The van der Waals surface area contributed by atoms with Crippen LogP contribution in [-0.4, -0.2) is 31.5 Å². The number of sulfonamides is 1. The molecule has 1 aliphatic rings. The van der Waals surface area contributed by atoms with Crippen molar-refractivity contribution in [2.75, 3.05) is 16.2 Å². The number of hydrogen-bond donors (Lipinski definition) is 1. The molecule has 1 aliphatic heterocycles. The summed E-state index contributed by atoms with van der Waals surface area (Å²) in [4.78, 5) is 25.2. The van der Waals surface area contributed by atoms with Gasteiger partial charge < -0.3 is 14.6 Å². The number of amides is 1. The van der Waals surface area contributed by atoms with Gasteiger partial charge in [0.1, 0.15) is 5.75 Å². The quantitative estimate of drug-likeness (QED) is 0.451. The second-order valence-electron chi connectivity index (χ2n) is 8.53. The summed E-state index contributed by atoms with van der Waals surface area (Å²) in [5.41, 5.74) is 3.47. The van der Waals surface area contributed by atoms with Crippen molar-refractivity contribution in [3.8, 4) is 5.75 Å². The highest BCUT2D eigenvalue weighted by Gasteiger charge is 2.37. The Kier molecular flexibility index (Phi) is 5.65. The molecular formula is C25H23N3O5S2. The summed E-state index contributed by atoms with van der Waals surface area (Å²) in [6.45, 7) is 3.57. The average molecular weight is 510 g/mol. The minimum atomic E-state index is -3.94. The number of aromatic nitrogens is 1. The van der Waals surface area contributed by atoms with E-state index in [9.17, 15) is 18.0 Å². The molecule has 8 nitrogen and oxygen atoms in total. The minimum absolute atomic E-state index is 0.0945. The number of thiazole rings is 1. The van der Waals surface area contributed by atoms with Crippen LogP contribution in [0.2, 0.25) is 0 Å². The van der Waals surface area contributed by atoms with Gasteiger partial charge in [-0.3, -0.25) is 13.9 Å². The Balaban J connectivity index is 1.47. The van der Waals surface area contributed by atoms with Gasteiger partial charge in [0, 0.05) is 12.7 Å². The third-order valence-electron chi connectivity index (χ3n) is 5.95. The number of rotatable bonds is 4. The first-order valence-corrected chi connectivity index (χ1v) is 13.2. The molecule has 35 heavy (non-hydrogen) atoms. The van der Waals surface area contributed by atoms with E-state index in [4.69, 9.17) is 4.74 Å². The summed E-state index contributed by atoms with van der Waals surface area (Å²) in [7, 11) is -2.25. The summed E-state index contributed by atoms with van der Waals surface area (Å²) >= 11 is 1.09. The molecule has 5 rings (SSSR count). The molecule has 2 heterocycles.